The van der Waals surface area contributed by atoms with Gasteiger partial charge in [0.1, 0.15) is 0 Å². The minimum atomic E-state index is 0.342. The maximum atomic E-state index is 9.23. The van der Waals surface area contributed by atoms with Crippen molar-refractivity contribution in [3.63, 3.8) is 0 Å². The second-order valence-corrected chi connectivity index (χ2v) is 7.06. The fourth-order valence-electron chi connectivity index (χ4n) is 3.66. The van der Waals surface area contributed by atoms with E-state index in [4.69, 9.17) is 0 Å². The lowest BCUT2D eigenvalue weighted by Crippen LogP contribution is -2.34. The molecule has 2 aliphatic rings. The van der Waals surface area contributed by atoms with E-state index < -0.39 is 0 Å². The highest BCUT2D eigenvalue weighted by Crippen LogP contribution is 2.23. The Labute approximate surface area is 140 Å². The van der Waals surface area contributed by atoms with Gasteiger partial charge in [-0.05, 0) is 68.2 Å². The number of benzene rings is 1. The first kappa shape index (κ1) is 16.5. The first-order chi connectivity index (χ1) is 11.3. The van der Waals surface area contributed by atoms with E-state index in [2.05, 4.69) is 46.6 Å². The average molecular weight is 314 g/mol. The highest BCUT2D eigenvalue weighted by Gasteiger charge is 2.18. The van der Waals surface area contributed by atoms with Gasteiger partial charge in [0.15, 0.2) is 0 Å². The van der Waals surface area contributed by atoms with Crippen molar-refractivity contribution in [3.8, 4) is 0 Å². The van der Waals surface area contributed by atoms with Gasteiger partial charge in [-0.1, -0.05) is 24.3 Å². The molecule has 1 aliphatic carbocycles. The largest absolute Gasteiger partial charge is 0.396 e. The molecular formula is C20H30N2O. The number of aliphatic hydroxyl groups is 1. The maximum absolute atomic E-state index is 9.23. The highest BCUT2D eigenvalue weighted by molar-refractivity contribution is 5.48. The minimum absolute atomic E-state index is 0.342. The lowest BCUT2D eigenvalue weighted by molar-refractivity contribution is 0.203. The zero-order valence-electron chi connectivity index (χ0n) is 14.1. The van der Waals surface area contributed by atoms with Crippen LogP contribution in [0.5, 0.6) is 0 Å². The Morgan fingerprint density at radius 2 is 1.78 bits per heavy atom. The fourth-order valence-corrected chi connectivity index (χ4v) is 3.66. The first-order valence-electron chi connectivity index (χ1n) is 9.15. The van der Waals surface area contributed by atoms with Crippen molar-refractivity contribution in [1.82, 2.24) is 5.32 Å². The van der Waals surface area contributed by atoms with Crippen LogP contribution in [-0.4, -0.2) is 31.3 Å². The van der Waals surface area contributed by atoms with Gasteiger partial charge in [-0.2, -0.15) is 0 Å². The average Bonchev–Trinajstić information content (AvgIpc) is 2.63. The van der Waals surface area contributed by atoms with Crippen LogP contribution in [-0.2, 0) is 6.54 Å². The molecule has 23 heavy (non-hydrogen) atoms. The molecular weight excluding hydrogens is 284 g/mol. The van der Waals surface area contributed by atoms with Crippen LogP contribution in [0, 0.1) is 11.8 Å². The number of anilines is 1. The number of aliphatic hydroxyl groups excluding tert-OH is 1. The van der Waals surface area contributed by atoms with Gasteiger partial charge in [0.2, 0.25) is 0 Å². The van der Waals surface area contributed by atoms with Gasteiger partial charge in [-0.3, -0.25) is 0 Å². The molecule has 0 saturated carbocycles. The molecule has 3 nitrogen and oxygen atoms in total. The van der Waals surface area contributed by atoms with Gasteiger partial charge in [-0.25, -0.2) is 0 Å². The van der Waals surface area contributed by atoms with E-state index in [1.165, 1.54) is 30.5 Å². The molecule has 1 saturated heterocycles. The molecule has 1 atom stereocenters. The molecule has 3 rings (SSSR count). The number of allylic oxidation sites excluding steroid dienone is 2. The molecule has 0 amide bonds. The van der Waals surface area contributed by atoms with Crippen molar-refractivity contribution in [2.45, 2.75) is 38.6 Å². The van der Waals surface area contributed by atoms with Crippen molar-refractivity contribution in [1.29, 1.82) is 0 Å². The van der Waals surface area contributed by atoms with Crippen molar-refractivity contribution in [2.24, 2.45) is 11.8 Å². The van der Waals surface area contributed by atoms with Gasteiger partial charge >= 0.3 is 0 Å². The molecule has 1 unspecified atom stereocenters. The Balaban J connectivity index is 1.43. The third-order valence-corrected chi connectivity index (χ3v) is 5.31. The molecule has 1 heterocycles. The van der Waals surface area contributed by atoms with Crippen LogP contribution >= 0.6 is 0 Å². The van der Waals surface area contributed by atoms with Gasteiger partial charge in [0.25, 0.3) is 0 Å². The molecule has 126 valence electrons. The highest BCUT2D eigenvalue weighted by atomic mass is 16.3. The number of nitrogens with one attached hydrogen (secondary N) is 1. The molecule has 0 spiro atoms. The Hall–Kier alpha value is -1.32. The molecule has 3 heteroatoms. The van der Waals surface area contributed by atoms with Crippen LogP contribution in [0.25, 0.3) is 0 Å². The predicted molar refractivity (Wildman–Crippen MR) is 96.7 cm³/mol. The maximum Gasteiger partial charge on any atom is 0.0460 e. The smallest absolute Gasteiger partial charge is 0.0460 e. The number of piperidine rings is 1. The van der Waals surface area contributed by atoms with E-state index >= 15 is 0 Å². The minimum Gasteiger partial charge on any atom is -0.396 e. The quantitative estimate of drug-likeness (QED) is 0.791. The number of hydrogen-bond donors (Lipinski definition) is 2. The molecule has 2 N–H and O–H groups in total. The van der Waals surface area contributed by atoms with Crippen LogP contribution in [0.3, 0.4) is 0 Å². The van der Waals surface area contributed by atoms with E-state index in [0.29, 0.717) is 12.5 Å². The summed E-state index contributed by atoms with van der Waals surface area (Å²) < 4.78 is 0. The van der Waals surface area contributed by atoms with Gasteiger partial charge < -0.3 is 15.3 Å². The number of nitrogens with zero attached hydrogens (tertiary/aromatic N) is 1. The summed E-state index contributed by atoms with van der Waals surface area (Å²) in [4.78, 5) is 2.44. The molecule has 1 aliphatic heterocycles. The first-order valence-corrected chi connectivity index (χ1v) is 9.15. The van der Waals surface area contributed by atoms with Gasteiger partial charge in [0, 0.05) is 31.9 Å². The van der Waals surface area contributed by atoms with Gasteiger partial charge in [0.05, 0.1) is 0 Å². The van der Waals surface area contributed by atoms with Crippen LogP contribution in [0.1, 0.15) is 37.7 Å². The molecule has 1 aromatic carbocycles. The van der Waals surface area contributed by atoms with Crippen LogP contribution < -0.4 is 10.2 Å². The summed E-state index contributed by atoms with van der Waals surface area (Å²) in [5.74, 6) is 1.32. The van der Waals surface area contributed by atoms with Crippen molar-refractivity contribution in [2.75, 3.05) is 31.1 Å². The normalized spacial score (nSPS) is 22.5. The van der Waals surface area contributed by atoms with Crippen molar-refractivity contribution < 1.29 is 5.11 Å². The monoisotopic (exact) mass is 314 g/mol. The zero-order chi connectivity index (χ0) is 15.9. The predicted octanol–water partition coefficient (Wildman–Crippen LogP) is 3.34. The number of hydrogen-bond acceptors (Lipinski definition) is 3. The van der Waals surface area contributed by atoms with E-state index in [-0.39, 0.29) is 0 Å². The molecule has 0 aromatic heterocycles. The third-order valence-electron chi connectivity index (χ3n) is 5.31. The van der Waals surface area contributed by atoms with Crippen molar-refractivity contribution >= 4 is 5.69 Å². The fraction of sp³-hybridized carbons (Fsp3) is 0.600. The SMILES string of the molecule is OCC1CCN(c2ccc(CNCC3CC=CCC3)cc2)CC1. The standard InChI is InChI=1S/C20H30N2O/c23-16-19-10-12-22(13-11-19)20-8-6-18(7-9-20)15-21-14-17-4-2-1-3-5-17/h1-2,6-9,17,19,21,23H,3-5,10-16H2. The Morgan fingerprint density at radius 3 is 2.43 bits per heavy atom. The van der Waals surface area contributed by atoms with Crippen LogP contribution in [0.2, 0.25) is 0 Å². The van der Waals surface area contributed by atoms with E-state index in [9.17, 15) is 5.11 Å². The van der Waals surface area contributed by atoms with Crippen LogP contribution in [0.15, 0.2) is 36.4 Å². The summed E-state index contributed by atoms with van der Waals surface area (Å²) >= 11 is 0. The van der Waals surface area contributed by atoms with E-state index in [0.717, 1.165) is 44.9 Å². The van der Waals surface area contributed by atoms with Gasteiger partial charge in [-0.15, -0.1) is 0 Å². The summed E-state index contributed by atoms with van der Waals surface area (Å²) in [7, 11) is 0. The van der Waals surface area contributed by atoms with Crippen LogP contribution in [0.4, 0.5) is 5.69 Å². The Bertz CT molecular complexity index is 489. The Kier molecular flexibility index (Phi) is 6.12. The molecule has 1 fully saturated rings. The summed E-state index contributed by atoms with van der Waals surface area (Å²) in [6.45, 7) is 4.57. The summed E-state index contributed by atoms with van der Waals surface area (Å²) in [5.41, 5.74) is 2.69. The lowest BCUT2D eigenvalue weighted by Gasteiger charge is -2.33. The zero-order valence-corrected chi connectivity index (χ0v) is 14.1. The molecule has 0 radical (unpaired) electrons. The topological polar surface area (TPSA) is 35.5 Å². The number of rotatable bonds is 6. The lowest BCUT2D eigenvalue weighted by atomic mass is 9.94. The Morgan fingerprint density at radius 1 is 1.00 bits per heavy atom. The second-order valence-electron chi connectivity index (χ2n) is 7.06. The summed E-state index contributed by atoms with van der Waals surface area (Å²) in [5, 5.41) is 12.8. The van der Waals surface area contributed by atoms with E-state index in [1.807, 2.05) is 0 Å². The molecule has 1 aromatic rings. The summed E-state index contributed by atoms with van der Waals surface area (Å²) in [6.07, 6.45) is 10.6. The van der Waals surface area contributed by atoms with Crippen molar-refractivity contribution in [3.05, 3.63) is 42.0 Å². The molecule has 0 bridgehead atoms. The second kappa shape index (κ2) is 8.51. The van der Waals surface area contributed by atoms with E-state index in [1.54, 1.807) is 0 Å². The summed E-state index contributed by atoms with van der Waals surface area (Å²) in [6, 6.07) is 9.00. The third kappa shape index (κ3) is 4.82.